The molecule has 0 saturated heterocycles. The minimum Gasteiger partial charge on any atom is -0.289 e. The average Bonchev–Trinajstić information content (AvgIpc) is 2.72. The third-order valence-electron chi connectivity index (χ3n) is 5.19. The van der Waals surface area contributed by atoms with Gasteiger partial charge in [0.25, 0.3) is 30.4 Å². The van der Waals surface area contributed by atoms with Crippen LogP contribution in [0.15, 0.2) is 69.3 Å². The Balaban J connectivity index is 3.10. The fourth-order valence-corrected chi connectivity index (χ4v) is 7.43. The molecule has 0 heterocycles. The Kier molecular flexibility index (Phi) is 6.59. The molecule has 0 aliphatic carbocycles. The largest absolute Gasteiger partial charge is 0.297 e. The predicted molar refractivity (Wildman–Crippen MR) is 129 cm³/mol. The Hall–Kier alpha value is -3.27. The van der Waals surface area contributed by atoms with Gasteiger partial charge in [0, 0.05) is 16.3 Å². The van der Waals surface area contributed by atoms with E-state index in [1.165, 1.54) is 31.2 Å². The zero-order chi connectivity index (χ0) is 27.5. The maximum absolute atomic E-state index is 13.3. The summed E-state index contributed by atoms with van der Waals surface area (Å²) in [5.41, 5.74) is -2.14. The van der Waals surface area contributed by atoms with Gasteiger partial charge in [-0.05, 0) is 41.8 Å². The molecule has 0 aliphatic rings. The van der Waals surface area contributed by atoms with Crippen molar-refractivity contribution >= 4 is 63.5 Å². The van der Waals surface area contributed by atoms with Gasteiger partial charge in [-0.15, -0.1) is 0 Å². The Morgan fingerprint density at radius 1 is 0.667 bits per heavy atom. The molecule has 14 heteroatoms. The Bertz CT molecular complexity index is 1880. The lowest BCUT2D eigenvalue weighted by Crippen LogP contribution is -2.21. The number of carbonyl (C=O) groups is 2. The number of Topliss-reactive ketones (excluding diaryl/α,β-unsaturated/α-hetero) is 2. The van der Waals surface area contributed by atoms with E-state index in [2.05, 4.69) is 13.2 Å². The number of allylic oxidation sites excluding steroid dienone is 2. The maximum Gasteiger partial charge on any atom is 0.297 e. The minimum absolute atomic E-state index is 0.0796. The molecule has 0 amide bonds. The van der Waals surface area contributed by atoms with E-state index < -0.39 is 84.1 Å². The molecule has 0 unspecified atom stereocenters. The molecule has 0 bridgehead atoms. The molecule has 11 nitrogen and oxygen atoms in total. The van der Waals surface area contributed by atoms with E-state index >= 15 is 0 Å². The second kappa shape index (κ2) is 8.69. The van der Waals surface area contributed by atoms with Gasteiger partial charge in [-0.3, -0.25) is 23.2 Å². The van der Waals surface area contributed by atoms with Crippen LogP contribution in [0.1, 0.15) is 34.6 Å². The highest BCUT2D eigenvalue weighted by atomic mass is 32.2. The highest BCUT2D eigenvalue weighted by molar-refractivity contribution is 7.90. The molecule has 0 radical (unpaired) electrons. The van der Waals surface area contributed by atoms with Gasteiger partial charge in [-0.1, -0.05) is 37.4 Å². The summed E-state index contributed by atoms with van der Waals surface area (Å²) in [5.74, 6) is -2.19. The van der Waals surface area contributed by atoms with Gasteiger partial charge >= 0.3 is 0 Å². The molecule has 36 heavy (non-hydrogen) atoms. The smallest absolute Gasteiger partial charge is 0.289 e. The number of ketones is 2. The zero-order valence-electron chi connectivity index (χ0n) is 18.6. The molecule has 0 aliphatic heterocycles. The van der Waals surface area contributed by atoms with E-state index in [9.17, 15) is 48.5 Å². The van der Waals surface area contributed by atoms with Crippen LogP contribution < -0.4 is 0 Å². The van der Waals surface area contributed by atoms with Crippen LogP contribution in [-0.4, -0.2) is 50.5 Å². The van der Waals surface area contributed by atoms with Crippen molar-refractivity contribution in [1.82, 2.24) is 0 Å². The molecular weight excluding hydrogens is 536 g/mol. The van der Waals surface area contributed by atoms with Gasteiger partial charge in [0.05, 0.1) is 5.56 Å². The van der Waals surface area contributed by atoms with Crippen LogP contribution in [0.5, 0.6) is 0 Å². The number of carbonyl (C=O) groups excluding carboxylic acids is 2. The number of fused-ring (bicyclic) bond motifs is 2. The van der Waals surface area contributed by atoms with Crippen LogP contribution >= 0.6 is 0 Å². The van der Waals surface area contributed by atoms with Crippen LogP contribution in [0.25, 0.3) is 21.5 Å². The topological polar surface area (TPSA) is 197 Å². The molecular formula is C22H18O11S3. The summed E-state index contributed by atoms with van der Waals surface area (Å²) in [6, 6.07) is 6.72. The summed E-state index contributed by atoms with van der Waals surface area (Å²) in [7, 11) is -17.4. The molecule has 0 saturated carbocycles. The first-order valence-corrected chi connectivity index (χ1v) is 14.0. The Labute approximate surface area is 206 Å². The van der Waals surface area contributed by atoms with Crippen molar-refractivity contribution < 1.29 is 48.5 Å². The number of hydrogen-bond donors (Lipinski definition) is 3. The van der Waals surface area contributed by atoms with E-state index in [1.807, 2.05) is 0 Å². The summed E-state index contributed by atoms with van der Waals surface area (Å²) in [6.07, 6.45) is 0. The van der Waals surface area contributed by atoms with Gasteiger partial charge in [-0.2, -0.15) is 25.3 Å². The fraction of sp³-hybridized carbons (Fsp3) is 0.0909. The van der Waals surface area contributed by atoms with Crippen molar-refractivity contribution in [3.8, 4) is 0 Å². The van der Waals surface area contributed by atoms with E-state index in [1.54, 1.807) is 0 Å². The SMILES string of the molecule is C=C(C)C(=O)c1c(S(=O)(=O)O)c(S(=O)(=O)O)c(S(=O)(=O)O)c2cc3ccccc3c(C(=O)C(=C)C)c12. The van der Waals surface area contributed by atoms with E-state index in [-0.39, 0.29) is 16.3 Å². The van der Waals surface area contributed by atoms with Crippen LogP contribution in [0.2, 0.25) is 0 Å². The molecule has 3 rings (SSSR count). The zero-order valence-corrected chi connectivity index (χ0v) is 21.1. The first-order valence-electron chi connectivity index (χ1n) is 9.68. The van der Waals surface area contributed by atoms with Crippen molar-refractivity contribution in [3.63, 3.8) is 0 Å². The van der Waals surface area contributed by atoms with E-state index in [0.717, 1.165) is 13.0 Å². The van der Waals surface area contributed by atoms with Crippen molar-refractivity contribution in [2.45, 2.75) is 28.5 Å². The van der Waals surface area contributed by atoms with Crippen molar-refractivity contribution in [1.29, 1.82) is 0 Å². The van der Waals surface area contributed by atoms with Crippen molar-refractivity contribution in [2.24, 2.45) is 0 Å². The quantitative estimate of drug-likeness (QED) is 0.168. The van der Waals surface area contributed by atoms with Gasteiger partial charge < -0.3 is 0 Å². The lowest BCUT2D eigenvalue weighted by atomic mass is 9.87. The Morgan fingerprint density at radius 2 is 1.11 bits per heavy atom. The van der Waals surface area contributed by atoms with Crippen LogP contribution in [-0.2, 0) is 30.4 Å². The van der Waals surface area contributed by atoms with Crippen LogP contribution in [0.4, 0.5) is 0 Å². The molecule has 3 N–H and O–H groups in total. The van der Waals surface area contributed by atoms with Gasteiger partial charge in [0.1, 0.15) is 14.7 Å². The van der Waals surface area contributed by atoms with Gasteiger partial charge in [-0.25, -0.2) is 0 Å². The highest BCUT2D eigenvalue weighted by Crippen LogP contribution is 2.44. The first-order chi connectivity index (χ1) is 16.3. The molecule has 0 spiro atoms. The van der Waals surface area contributed by atoms with Crippen molar-refractivity contribution in [2.75, 3.05) is 0 Å². The summed E-state index contributed by atoms with van der Waals surface area (Å²) >= 11 is 0. The second-order valence-corrected chi connectivity index (χ2v) is 12.0. The van der Waals surface area contributed by atoms with E-state index in [0.29, 0.717) is 0 Å². The summed E-state index contributed by atoms with van der Waals surface area (Å²) in [5, 5.41) is -1.31. The number of rotatable bonds is 7. The van der Waals surface area contributed by atoms with E-state index in [4.69, 9.17) is 0 Å². The lowest BCUT2D eigenvalue weighted by molar-refractivity contribution is 0.103. The standard InChI is InChI=1S/C22H18O11S3/c1-10(2)18(23)16-13-8-6-5-7-12(13)9-14-15(16)17(19(24)11(3)4)21(35(28,29)30)22(36(31,32)33)20(14)34(25,26)27/h5-9H,1,3H2,2,4H3,(H,25,26,27)(H,28,29,30)(H,31,32,33). The second-order valence-electron chi connectivity index (χ2n) is 7.90. The Morgan fingerprint density at radius 3 is 1.56 bits per heavy atom. The molecule has 0 fully saturated rings. The molecule has 3 aromatic rings. The van der Waals surface area contributed by atoms with Gasteiger partial charge in [0.15, 0.2) is 11.6 Å². The van der Waals surface area contributed by atoms with Crippen LogP contribution in [0.3, 0.4) is 0 Å². The third-order valence-corrected chi connectivity index (χ3v) is 8.23. The molecule has 190 valence electrons. The summed E-state index contributed by atoms with van der Waals surface area (Å²) in [6.45, 7) is 9.30. The average molecular weight is 555 g/mol. The van der Waals surface area contributed by atoms with Crippen molar-refractivity contribution in [3.05, 3.63) is 65.8 Å². The molecule has 0 aromatic heterocycles. The predicted octanol–water partition coefficient (Wildman–Crippen LogP) is 3.25. The fourth-order valence-electron chi connectivity index (χ4n) is 3.85. The summed E-state index contributed by atoms with van der Waals surface area (Å²) < 4.78 is 104. The normalized spacial score (nSPS) is 12.6. The maximum atomic E-state index is 13.3. The first kappa shape index (κ1) is 27.3. The molecule has 3 aromatic carbocycles. The highest BCUT2D eigenvalue weighted by Gasteiger charge is 2.41. The number of benzene rings is 3. The van der Waals surface area contributed by atoms with Crippen LogP contribution in [0, 0.1) is 0 Å². The lowest BCUT2D eigenvalue weighted by Gasteiger charge is -2.21. The minimum atomic E-state index is -5.87. The summed E-state index contributed by atoms with van der Waals surface area (Å²) in [4.78, 5) is 21.1. The third kappa shape index (κ3) is 4.50. The monoisotopic (exact) mass is 554 g/mol. The number of hydrogen-bond acceptors (Lipinski definition) is 8. The molecule has 0 atom stereocenters. The van der Waals surface area contributed by atoms with Gasteiger partial charge in [0.2, 0.25) is 0 Å².